The van der Waals surface area contributed by atoms with Crippen LogP contribution < -0.4 is 21.5 Å². The van der Waals surface area contributed by atoms with E-state index in [1.54, 1.807) is 0 Å². The average Bonchev–Trinajstić information content (AvgIpc) is 2.88. The molecule has 0 bridgehead atoms. The van der Waals surface area contributed by atoms with Gasteiger partial charge in [0.05, 0.1) is 12.4 Å². The van der Waals surface area contributed by atoms with Crippen molar-refractivity contribution in [2.75, 3.05) is 13.1 Å². The molecule has 0 aliphatic carbocycles. The van der Waals surface area contributed by atoms with Gasteiger partial charge in [0.1, 0.15) is 17.1 Å². The van der Waals surface area contributed by atoms with Crippen LogP contribution in [0.1, 0.15) is 79.2 Å². The van der Waals surface area contributed by atoms with Gasteiger partial charge in [0.25, 0.3) is 11.8 Å². The van der Waals surface area contributed by atoms with Gasteiger partial charge in [-0.05, 0) is 39.9 Å². The molecule has 0 saturated heterocycles. The zero-order chi connectivity index (χ0) is 32.4. The van der Waals surface area contributed by atoms with Crippen molar-refractivity contribution in [1.82, 2.24) is 19.8 Å². The van der Waals surface area contributed by atoms with Gasteiger partial charge in [0, 0.05) is 39.3 Å². The normalized spacial score (nSPS) is 11.9. The maximum Gasteiger partial charge on any atom is 0.268 e. The molecular formula is C32H42N4O7. The van der Waals surface area contributed by atoms with E-state index in [-0.39, 0.29) is 47.0 Å². The van der Waals surface area contributed by atoms with Crippen molar-refractivity contribution in [3.05, 3.63) is 85.2 Å². The van der Waals surface area contributed by atoms with Crippen LogP contribution in [0, 0.1) is 5.92 Å². The van der Waals surface area contributed by atoms with Crippen LogP contribution in [-0.2, 0) is 31.3 Å². The van der Waals surface area contributed by atoms with Crippen molar-refractivity contribution in [2.45, 2.75) is 58.8 Å². The summed E-state index contributed by atoms with van der Waals surface area (Å²) >= 11 is 0. The van der Waals surface area contributed by atoms with E-state index in [0.29, 0.717) is 6.42 Å². The van der Waals surface area contributed by atoms with Crippen LogP contribution in [0.25, 0.3) is 0 Å². The third-order valence-electron chi connectivity index (χ3n) is 7.31. The first-order chi connectivity index (χ1) is 19.8. The van der Waals surface area contributed by atoms with Crippen LogP contribution in [0.2, 0.25) is 0 Å². The van der Waals surface area contributed by atoms with E-state index in [1.165, 1.54) is 23.2 Å². The SMILES string of the molecule is Cn1cc(O)c(=O)cc1C(=O)NCC(CNC(=O)c1cc(=O)c(O)cn1C)Cc1cc(C(C)(C)C)c(O)c(C(C)(C)C)c1. The Morgan fingerprint density at radius 1 is 0.721 bits per heavy atom. The number of nitrogens with zero attached hydrogens (tertiary/aromatic N) is 2. The zero-order valence-corrected chi connectivity index (χ0v) is 26.0. The van der Waals surface area contributed by atoms with E-state index in [2.05, 4.69) is 10.6 Å². The molecule has 0 aliphatic rings. The van der Waals surface area contributed by atoms with Gasteiger partial charge in [-0.1, -0.05) is 53.7 Å². The van der Waals surface area contributed by atoms with Gasteiger partial charge in [-0.15, -0.1) is 0 Å². The molecule has 0 spiro atoms. The summed E-state index contributed by atoms with van der Waals surface area (Å²) in [5, 5.41) is 36.2. The molecule has 5 N–H and O–H groups in total. The van der Waals surface area contributed by atoms with Crippen molar-refractivity contribution < 1.29 is 24.9 Å². The van der Waals surface area contributed by atoms with Gasteiger partial charge in [-0.2, -0.15) is 0 Å². The lowest BCUT2D eigenvalue weighted by molar-refractivity contribution is 0.0930. The Bertz CT molecular complexity index is 1540. The van der Waals surface area contributed by atoms with Gasteiger partial charge < -0.3 is 35.1 Å². The third-order valence-corrected chi connectivity index (χ3v) is 7.31. The minimum absolute atomic E-state index is 0.0550. The number of carbonyl (C=O) groups excluding carboxylic acids is 2. The van der Waals surface area contributed by atoms with E-state index < -0.39 is 34.2 Å². The van der Waals surface area contributed by atoms with E-state index in [9.17, 15) is 34.5 Å². The molecule has 3 rings (SSSR count). The van der Waals surface area contributed by atoms with E-state index >= 15 is 0 Å². The Morgan fingerprint density at radius 2 is 1.09 bits per heavy atom. The first-order valence-corrected chi connectivity index (χ1v) is 14.0. The predicted octanol–water partition coefficient (Wildman–Crippen LogP) is 2.81. The molecule has 11 nitrogen and oxygen atoms in total. The summed E-state index contributed by atoms with van der Waals surface area (Å²) in [5.41, 5.74) is 0.491. The molecule has 0 atom stereocenters. The first-order valence-electron chi connectivity index (χ1n) is 14.0. The second-order valence-electron chi connectivity index (χ2n) is 13.1. The Kier molecular flexibility index (Phi) is 9.48. The number of phenolic OH excluding ortho intramolecular Hbond substituents is 1. The Labute approximate surface area is 250 Å². The van der Waals surface area contributed by atoms with Crippen molar-refractivity contribution in [3.8, 4) is 17.2 Å². The molecule has 0 aliphatic heterocycles. The van der Waals surface area contributed by atoms with Crippen LogP contribution >= 0.6 is 0 Å². The summed E-state index contributed by atoms with van der Waals surface area (Å²) in [6.07, 6.45) is 2.74. The molecule has 232 valence electrons. The maximum absolute atomic E-state index is 13.0. The van der Waals surface area contributed by atoms with Gasteiger partial charge in [0.2, 0.25) is 10.9 Å². The second-order valence-corrected chi connectivity index (χ2v) is 13.1. The monoisotopic (exact) mass is 594 g/mol. The molecule has 2 amide bonds. The highest BCUT2D eigenvalue weighted by molar-refractivity contribution is 5.93. The summed E-state index contributed by atoms with van der Waals surface area (Å²) in [6, 6.07) is 5.99. The second kappa shape index (κ2) is 12.4. The molecular weight excluding hydrogens is 552 g/mol. The largest absolute Gasteiger partial charge is 0.507 e. The molecule has 0 radical (unpaired) electrons. The Hall–Kier alpha value is -4.54. The average molecular weight is 595 g/mol. The highest BCUT2D eigenvalue weighted by atomic mass is 16.3. The fraction of sp³-hybridized carbons (Fsp3) is 0.438. The number of pyridine rings is 2. The number of aryl methyl sites for hydroxylation is 2. The topological polar surface area (TPSA) is 163 Å². The fourth-order valence-electron chi connectivity index (χ4n) is 4.85. The number of aromatic hydroxyl groups is 3. The van der Waals surface area contributed by atoms with Crippen LogP contribution in [-0.4, -0.2) is 49.4 Å². The number of benzene rings is 1. The van der Waals surface area contributed by atoms with Crippen LogP contribution in [0.5, 0.6) is 17.2 Å². The molecule has 2 heterocycles. The van der Waals surface area contributed by atoms with Gasteiger partial charge >= 0.3 is 0 Å². The standard InChI is InChI=1S/C32H42N4O7/c1-31(2,3)20-10-18(11-21(28(20)41)32(4,5)6)9-19(14-33-29(42)22-12-24(37)26(39)16-35(22)7)15-34-30(43)23-13-25(38)27(40)17-36(23)8/h10-13,16-17,19,39-41H,9,14-15H2,1-8H3,(H,33,42)(H,34,43). The van der Waals surface area contributed by atoms with Crippen LogP contribution in [0.3, 0.4) is 0 Å². The summed E-state index contributed by atoms with van der Waals surface area (Å²) < 4.78 is 2.69. The lowest BCUT2D eigenvalue weighted by Crippen LogP contribution is -2.39. The molecule has 0 saturated carbocycles. The number of aromatic nitrogens is 2. The minimum Gasteiger partial charge on any atom is -0.507 e. The van der Waals surface area contributed by atoms with E-state index in [0.717, 1.165) is 41.2 Å². The Morgan fingerprint density at radius 3 is 1.44 bits per heavy atom. The quantitative estimate of drug-likeness (QED) is 0.268. The molecule has 43 heavy (non-hydrogen) atoms. The van der Waals surface area contributed by atoms with Crippen molar-refractivity contribution >= 4 is 11.8 Å². The zero-order valence-electron chi connectivity index (χ0n) is 26.0. The third kappa shape index (κ3) is 7.85. The summed E-state index contributed by atoms with van der Waals surface area (Å²) in [6.45, 7) is 12.3. The number of phenols is 1. The van der Waals surface area contributed by atoms with E-state index in [4.69, 9.17) is 0 Å². The summed E-state index contributed by atoms with van der Waals surface area (Å²) in [7, 11) is 3.07. The van der Waals surface area contributed by atoms with Crippen LogP contribution in [0.4, 0.5) is 0 Å². The van der Waals surface area contributed by atoms with E-state index in [1.807, 2.05) is 53.7 Å². The highest BCUT2D eigenvalue weighted by Crippen LogP contribution is 2.40. The smallest absolute Gasteiger partial charge is 0.268 e. The Balaban J connectivity index is 1.95. The van der Waals surface area contributed by atoms with Gasteiger partial charge in [-0.25, -0.2) is 0 Å². The van der Waals surface area contributed by atoms with Crippen molar-refractivity contribution in [3.63, 3.8) is 0 Å². The summed E-state index contributed by atoms with van der Waals surface area (Å²) in [4.78, 5) is 50.0. The van der Waals surface area contributed by atoms with Crippen molar-refractivity contribution in [1.29, 1.82) is 0 Å². The molecule has 11 heteroatoms. The fourth-order valence-corrected chi connectivity index (χ4v) is 4.85. The number of rotatable bonds is 8. The lowest BCUT2D eigenvalue weighted by atomic mass is 9.77. The van der Waals surface area contributed by atoms with Crippen LogP contribution in [0.15, 0.2) is 46.2 Å². The van der Waals surface area contributed by atoms with Crippen molar-refractivity contribution in [2.24, 2.45) is 20.0 Å². The molecule has 3 aromatic rings. The number of carbonyl (C=O) groups is 2. The lowest BCUT2D eigenvalue weighted by Gasteiger charge is -2.29. The summed E-state index contributed by atoms with van der Waals surface area (Å²) in [5.74, 6) is -2.12. The van der Waals surface area contributed by atoms with Gasteiger partial charge in [-0.3, -0.25) is 19.2 Å². The number of hydrogen-bond acceptors (Lipinski definition) is 7. The highest BCUT2D eigenvalue weighted by Gasteiger charge is 2.27. The predicted molar refractivity (Wildman–Crippen MR) is 164 cm³/mol. The minimum atomic E-state index is -0.680. The number of nitrogens with one attached hydrogen (secondary N) is 2. The number of hydrogen-bond donors (Lipinski definition) is 5. The molecule has 1 aromatic carbocycles. The molecule has 0 fully saturated rings. The van der Waals surface area contributed by atoms with Gasteiger partial charge in [0.15, 0.2) is 11.5 Å². The first kappa shape index (κ1) is 33.0. The maximum atomic E-state index is 13.0. The number of amides is 2. The molecule has 2 aromatic heterocycles. The molecule has 0 unspecified atom stereocenters.